The SMILES string of the molecule is Cc1cc(NC(C(=O)Nc2ccccc2)c2ccccc2)n2nc(C(F)(F)F)nc2n1. The maximum atomic E-state index is 13.1. The van der Waals surface area contributed by atoms with Gasteiger partial charge in [0.15, 0.2) is 0 Å². The van der Waals surface area contributed by atoms with Gasteiger partial charge in [0.1, 0.15) is 11.9 Å². The second-order valence-corrected chi connectivity index (χ2v) is 6.77. The molecule has 2 aromatic carbocycles. The summed E-state index contributed by atoms with van der Waals surface area (Å²) in [5.74, 6) is -1.76. The van der Waals surface area contributed by atoms with Crippen LogP contribution in [0.15, 0.2) is 66.7 Å². The lowest BCUT2D eigenvalue weighted by Gasteiger charge is -2.20. The van der Waals surface area contributed by atoms with E-state index in [1.807, 2.05) is 6.07 Å². The van der Waals surface area contributed by atoms with Gasteiger partial charge in [-0.05, 0) is 24.6 Å². The topological polar surface area (TPSA) is 84.2 Å². The highest BCUT2D eigenvalue weighted by Gasteiger charge is 2.37. The van der Waals surface area contributed by atoms with Crippen LogP contribution in [0, 0.1) is 6.92 Å². The molecule has 4 rings (SSSR count). The van der Waals surface area contributed by atoms with Gasteiger partial charge < -0.3 is 10.6 Å². The van der Waals surface area contributed by atoms with E-state index in [0.29, 0.717) is 16.9 Å². The van der Waals surface area contributed by atoms with E-state index in [4.69, 9.17) is 0 Å². The molecule has 2 N–H and O–H groups in total. The van der Waals surface area contributed by atoms with Gasteiger partial charge in [-0.15, -0.1) is 5.10 Å². The number of anilines is 2. The molecule has 158 valence electrons. The number of nitrogens with one attached hydrogen (secondary N) is 2. The number of benzene rings is 2. The summed E-state index contributed by atoms with van der Waals surface area (Å²) in [4.78, 5) is 20.6. The number of para-hydroxylation sites is 1. The third-order valence-corrected chi connectivity index (χ3v) is 4.42. The minimum atomic E-state index is -4.72. The molecule has 0 aliphatic heterocycles. The second kappa shape index (κ2) is 8.05. The van der Waals surface area contributed by atoms with E-state index in [9.17, 15) is 18.0 Å². The Balaban J connectivity index is 1.74. The average Bonchev–Trinajstić information content (AvgIpc) is 3.18. The maximum Gasteiger partial charge on any atom is 0.453 e. The molecular formula is C21H17F3N6O. The van der Waals surface area contributed by atoms with Gasteiger partial charge in [0.2, 0.25) is 0 Å². The van der Waals surface area contributed by atoms with Crippen LogP contribution in [0.4, 0.5) is 24.7 Å². The summed E-state index contributed by atoms with van der Waals surface area (Å²) >= 11 is 0. The molecule has 4 aromatic rings. The van der Waals surface area contributed by atoms with Crippen molar-refractivity contribution in [2.45, 2.75) is 19.1 Å². The van der Waals surface area contributed by atoms with E-state index in [0.717, 1.165) is 4.52 Å². The minimum absolute atomic E-state index is 0.155. The van der Waals surface area contributed by atoms with E-state index in [2.05, 4.69) is 25.7 Å². The third-order valence-electron chi connectivity index (χ3n) is 4.42. The fourth-order valence-corrected chi connectivity index (χ4v) is 3.04. The molecule has 7 nitrogen and oxygen atoms in total. The summed E-state index contributed by atoms with van der Waals surface area (Å²) < 4.78 is 40.3. The van der Waals surface area contributed by atoms with Gasteiger partial charge in [-0.25, -0.2) is 4.98 Å². The molecule has 0 spiro atoms. The number of halogens is 3. The van der Waals surface area contributed by atoms with Crippen molar-refractivity contribution in [3.63, 3.8) is 0 Å². The van der Waals surface area contributed by atoms with Gasteiger partial charge >= 0.3 is 6.18 Å². The van der Waals surface area contributed by atoms with Crippen LogP contribution in [-0.2, 0) is 11.0 Å². The minimum Gasteiger partial charge on any atom is -0.355 e. The molecule has 0 saturated heterocycles. The van der Waals surface area contributed by atoms with Crippen molar-refractivity contribution < 1.29 is 18.0 Å². The van der Waals surface area contributed by atoms with Gasteiger partial charge in [-0.2, -0.15) is 22.7 Å². The van der Waals surface area contributed by atoms with Crippen molar-refractivity contribution in [2.24, 2.45) is 0 Å². The van der Waals surface area contributed by atoms with Crippen LogP contribution in [-0.4, -0.2) is 25.5 Å². The molecule has 1 amide bonds. The molecule has 0 saturated carbocycles. The summed E-state index contributed by atoms with van der Waals surface area (Å²) in [7, 11) is 0. The van der Waals surface area contributed by atoms with Crippen LogP contribution in [0.25, 0.3) is 5.78 Å². The standard InChI is InChI=1S/C21H17F3N6O/c1-13-12-16(30-20(25-13)28-19(29-30)21(22,23)24)27-17(14-8-4-2-5-9-14)18(31)26-15-10-6-3-7-11-15/h2-12,17,27H,1H3,(H,26,31). The number of carbonyl (C=O) groups is 1. The quantitative estimate of drug-likeness (QED) is 0.499. The van der Waals surface area contributed by atoms with Gasteiger partial charge in [0, 0.05) is 17.4 Å². The number of aryl methyl sites for hydroxylation is 1. The largest absolute Gasteiger partial charge is 0.453 e. The highest BCUT2D eigenvalue weighted by Crippen LogP contribution is 2.28. The predicted molar refractivity (Wildman–Crippen MR) is 108 cm³/mol. The van der Waals surface area contributed by atoms with E-state index < -0.39 is 23.9 Å². The Kier molecular flexibility index (Phi) is 5.28. The summed E-state index contributed by atoms with van der Waals surface area (Å²) in [6.45, 7) is 1.62. The molecule has 1 unspecified atom stereocenters. The van der Waals surface area contributed by atoms with E-state index in [1.54, 1.807) is 61.5 Å². The van der Waals surface area contributed by atoms with Crippen molar-refractivity contribution in [3.8, 4) is 0 Å². The fourth-order valence-electron chi connectivity index (χ4n) is 3.04. The Morgan fingerprint density at radius 1 is 1.00 bits per heavy atom. The first-order valence-corrected chi connectivity index (χ1v) is 9.30. The monoisotopic (exact) mass is 426 g/mol. The third kappa shape index (κ3) is 4.47. The lowest BCUT2D eigenvalue weighted by molar-refractivity contribution is -0.144. The van der Waals surface area contributed by atoms with Crippen LogP contribution in [0.5, 0.6) is 0 Å². The number of fused-ring (bicyclic) bond motifs is 1. The zero-order valence-electron chi connectivity index (χ0n) is 16.3. The van der Waals surface area contributed by atoms with Crippen LogP contribution in [0.3, 0.4) is 0 Å². The Hall–Kier alpha value is -3.95. The van der Waals surface area contributed by atoms with Crippen molar-refractivity contribution >= 4 is 23.2 Å². The number of hydrogen-bond donors (Lipinski definition) is 2. The first-order valence-electron chi connectivity index (χ1n) is 9.30. The number of carbonyl (C=O) groups excluding carboxylic acids is 1. The molecule has 0 aliphatic rings. The summed E-state index contributed by atoms with van der Waals surface area (Å²) in [6, 6.07) is 18.3. The molecule has 0 radical (unpaired) electrons. The van der Waals surface area contributed by atoms with E-state index in [1.165, 1.54) is 6.07 Å². The van der Waals surface area contributed by atoms with Crippen LogP contribution >= 0.6 is 0 Å². The van der Waals surface area contributed by atoms with Gasteiger partial charge in [-0.3, -0.25) is 4.79 Å². The number of rotatable bonds is 5. The molecule has 0 fully saturated rings. The molecular weight excluding hydrogens is 409 g/mol. The second-order valence-electron chi connectivity index (χ2n) is 6.77. The molecule has 31 heavy (non-hydrogen) atoms. The number of amides is 1. The van der Waals surface area contributed by atoms with Gasteiger partial charge in [0.05, 0.1) is 0 Å². The fraction of sp³-hybridized carbons (Fsp3) is 0.143. The average molecular weight is 426 g/mol. The lowest BCUT2D eigenvalue weighted by atomic mass is 10.1. The van der Waals surface area contributed by atoms with Crippen molar-refractivity contribution in [1.29, 1.82) is 0 Å². The van der Waals surface area contributed by atoms with Crippen LogP contribution in [0.2, 0.25) is 0 Å². The number of nitrogens with zero attached hydrogens (tertiary/aromatic N) is 4. The van der Waals surface area contributed by atoms with Gasteiger partial charge in [0.25, 0.3) is 17.5 Å². The van der Waals surface area contributed by atoms with Gasteiger partial charge in [-0.1, -0.05) is 48.5 Å². The van der Waals surface area contributed by atoms with E-state index >= 15 is 0 Å². The zero-order chi connectivity index (χ0) is 22.0. The molecule has 2 aromatic heterocycles. The predicted octanol–water partition coefficient (Wildman–Crippen LogP) is 4.24. The molecule has 1 atom stereocenters. The number of alkyl halides is 3. The molecule has 0 bridgehead atoms. The van der Waals surface area contributed by atoms with Crippen LogP contribution in [0.1, 0.15) is 23.1 Å². The molecule has 0 aliphatic carbocycles. The Labute approximate surface area is 175 Å². The normalized spacial score (nSPS) is 12.5. The Bertz CT molecular complexity index is 1210. The summed E-state index contributed by atoms with van der Waals surface area (Å²) in [6.07, 6.45) is -4.72. The highest BCUT2D eigenvalue weighted by molar-refractivity contribution is 5.97. The number of aromatic nitrogens is 4. The lowest BCUT2D eigenvalue weighted by Crippen LogP contribution is -2.28. The maximum absolute atomic E-state index is 13.1. The van der Waals surface area contributed by atoms with Crippen molar-refractivity contribution in [1.82, 2.24) is 19.6 Å². The Morgan fingerprint density at radius 2 is 1.65 bits per heavy atom. The highest BCUT2D eigenvalue weighted by atomic mass is 19.4. The summed E-state index contributed by atoms with van der Waals surface area (Å²) in [5, 5.41) is 9.35. The first kappa shape index (κ1) is 20.3. The van der Waals surface area contributed by atoms with Crippen LogP contribution < -0.4 is 10.6 Å². The summed E-state index contributed by atoms with van der Waals surface area (Å²) in [5.41, 5.74) is 1.63. The van der Waals surface area contributed by atoms with Crippen molar-refractivity contribution in [3.05, 3.63) is 83.8 Å². The zero-order valence-corrected chi connectivity index (χ0v) is 16.3. The number of hydrogen-bond acceptors (Lipinski definition) is 5. The first-order chi connectivity index (χ1) is 14.8. The Morgan fingerprint density at radius 3 is 2.29 bits per heavy atom. The van der Waals surface area contributed by atoms with Crippen molar-refractivity contribution in [2.75, 3.05) is 10.6 Å². The van der Waals surface area contributed by atoms with E-state index in [-0.39, 0.29) is 11.6 Å². The molecule has 2 heterocycles. The molecule has 10 heteroatoms. The smallest absolute Gasteiger partial charge is 0.355 e.